The van der Waals surface area contributed by atoms with Gasteiger partial charge in [0.15, 0.2) is 11.5 Å². The average Bonchev–Trinajstić information content (AvgIpc) is 3.19. The zero-order chi connectivity index (χ0) is 29.8. The molecule has 1 heterocycles. The molecule has 0 bridgehead atoms. The van der Waals surface area contributed by atoms with Crippen molar-refractivity contribution in [1.82, 2.24) is 4.90 Å². The topological polar surface area (TPSA) is 67.9 Å². The molecular formula is C31H34BrF4N3O2. The molecule has 41 heavy (non-hydrogen) atoms. The van der Waals surface area contributed by atoms with Gasteiger partial charge >= 0.3 is 6.61 Å². The molecule has 1 atom stereocenters. The third kappa shape index (κ3) is 8.55. The maximum absolute atomic E-state index is 13.2. The van der Waals surface area contributed by atoms with Crippen molar-refractivity contribution >= 4 is 27.8 Å². The molecule has 0 aliphatic carbocycles. The highest BCUT2D eigenvalue weighted by molar-refractivity contribution is 9.10. The first-order valence-corrected chi connectivity index (χ1v) is 14.1. The highest BCUT2D eigenvalue weighted by Crippen LogP contribution is 2.40. The number of alkyl halides is 4. The summed E-state index contributed by atoms with van der Waals surface area (Å²) in [7, 11) is 1.53. The number of hydrogen-bond donors (Lipinski definition) is 1. The number of aryl methyl sites for hydroxylation is 2. The predicted octanol–water partition coefficient (Wildman–Crippen LogP) is 7.35. The molecule has 1 aliphatic rings. The number of hydrogen-bond acceptors (Lipinski definition) is 4. The molecule has 3 aromatic carbocycles. The van der Waals surface area contributed by atoms with Gasteiger partial charge in [0.2, 0.25) is 0 Å². The summed E-state index contributed by atoms with van der Waals surface area (Å²) in [4.78, 5) is 18.9. The summed E-state index contributed by atoms with van der Waals surface area (Å²) in [6, 6.07) is 21.3. The Balaban J connectivity index is 0.000000322. The molecule has 0 spiro atoms. The lowest BCUT2D eigenvalue weighted by atomic mass is 9.82. The zero-order valence-corrected chi connectivity index (χ0v) is 24.4. The predicted molar refractivity (Wildman–Crippen MR) is 157 cm³/mol. The minimum absolute atomic E-state index is 0.0189. The van der Waals surface area contributed by atoms with Gasteiger partial charge in [0.25, 0.3) is 5.91 Å². The van der Waals surface area contributed by atoms with Gasteiger partial charge in [-0.05, 0) is 85.0 Å². The highest BCUT2D eigenvalue weighted by atomic mass is 79.9. The van der Waals surface area contributed by atoms with Crippen LogP contribution in [-0.4, -0.2) is 43.8 Å². The van der Waals surface area contributed by atoms with Gasteiger partial charge in [0.05, 0.1) is 13.3 Å². The summed E-state index contributed by atoms with van der Waals surface area (Å²) >= 11 is 3.40. The normalized spacial score (nSPS) is 16.4. The molecule has 220 valence electrons. The second-order valence-electron chi connectivity index (χ2n) is 9.57. The molecule has 4 rings (SSSR count). The number of nitrogens with two attached hydrogens (primary N) is 1. The molecule has 0 radical (unpaired) electrons. The van der Waals surface area contributed by atoms with Gasteiger partial charge in [-0.15, -0.1) is 0 Å². The van der Waals surface area contributed by atoms with E-state index in [-0.39, 0.29) is 31.0 Å². The van der Waals surface area contributed by atoms with Crippen LogP contribution >= 0.6 is 15.9 Å². The van der Waals surface area contributed by atoms with E-state index < -0.39 is 12.2 Å². The average molecular weight is 637 g/mol. The quantitative estimate of drug-likeness (QED) is 0.167. The fourth-order valence-electron chi connectivity index (χ4n) is 4.55. The van der Waals surface area contributed by atoms with Crippen molar-refractivity contribution in [2.45, 2.75) is 50.7 Å². The number of guanidine groups is 1. The molecule has 5 nitrogen and oxygen atoms in total. The van der Waals surface area contributed by atoms with Crippen LogP contribution in [0.25, 0.3) is 0 Å². The number of nitrogens with zero attached hydrogens (tertiary/aromatic N) is 2. The van der Waals surface area contributed by atoms with E-state index >= 15 is 0 Å². The summed E-state index contributed by atoms with van der Waals surface area (Å²) in [6.07, 6.45) is 4.40. The molecule has 10 heteroatoms. The first-order chi connectivity index (χ1) is 19.7. The second kappa shape index (κ2) is 15.6. The molecule has 0 saturated carbocycles. The van der Waals surface area contributed by atoms with E-state index in [0.29, 0.717) is 36.8 Å². The molecule has 0 fully saturated rings. The number of benzene rings is 3. The summed E-state index contributed by atoms with van der Waals surface area (Å²) in [6.45, 7) is -3.52. The Bertz CT molecular complexity index is 1310. The van der Waals surface area contributed by atoms with Gasteiger partial charge in [-0.25, -0.2) is 4.99 Å². The Morgan fingerprint density at radius 1 is 0.878 bits per heavy atom. The fourth-order valence-corrected chi connectivity index (χ4v) is 5.00. The minimum atomic E-state index is -2.94. The van der Waals surface area contributed by atoms with E-state index in [1.807, 2.05) is 30.3 Å². The Labute approximate surface area is 246 Å². The van der Waals surface area contributed by atoms with Gasteiger partial charge in [0, 0.05) is 11.5 Å². The Morgan fingerprint density at radius 2 is 1.46 bits per heavy atom. The molecule has 0 aromatic heterocycles. The van der Waals surface area contributed by atoms with Crippen LogP contribution in [0.4, 0.5) is 17.6 Å². The Hall–Kier alpha value is -3.40. The van der Waals surface area contributed by atoms with Crippen molar-refractivity contribution in [1.29, 1.82) is 0 Å². The Morgan fingerprint density at radius 3 is 1.98 bits per heavy atom. The van der Waals surface area contributed by atoms with Gasteiger partial charge < -0.3 is 10.5 Å². The molecule has 1 unspecified atom stereocenters. The molecule has 2 N–H and O–H groups in total. The third-order valence-corrected chi connectivity index (χ3v) is 7.16. The fraction of sp³-hybridized carbons (Fsp3) is 0.355. The summed E-state index contributed by atoms with van der Waals surface area (Å²) in [5, 5.41) is 0. The lowest BCUT2D eigenvalue weighted by Gasteiger charge is -2.26. The zero-order valence-electron chi connectivity index (χ0n) is 22.8. The maximum atomic E-state index is 13.2. The standard InChI is InChI=1S/C21H22F3N3O2.C10H12BrF/c1-27-18(28)21(26-20(27)25,15-8-10-17(11-9-15)29-19(23)24)16-7-4-6-14(13-16)5-2-3-12-22;11-10-6-3-5-9(8-10)4-1-2-7-12/h4,6-11,13,19H,2-3,5,12H2,1H3,(H2,25,26);3,5-6,8H,1-2,4,7H2. The third-order valence-electron chi connectivity index (χ3n) is 6.67. The maximum Gasteiger partial charge on any atom is 0.387 e. The van der Waals surface area contributed by atoms with Crippen molar-refractivity contribution < 1.29 is 27.1 Å². The highest BCUT2D eigenvalue weighted by Gasteiger charge is 2.49. The van der Waals surface area contributed by atoms with Crippen molar-refractivity contribution in [2.24, 2.45) is 10.7 Å². The monoisotopic (exact) mass is 635 g/mol. The van der Waals surface area contributed by atoms with E-state index in [4.69, 9.17) is 5.73 Å². The lowest BCUT2D eigenvalue weighted by molar-refractivity contribution is -0.129. The first-order valence-electron chi connectivity index (χ1n) is 13.4. The van der Waals surface area contributed by atoms with Crippen molar-refractivity contribution in [3.8, 4) is 5.75 Å². The van der Waals surface area contributed by atoms with Crippen LogP contribution in [0.1, 0.15) is 47.9 Å². The Kier molecular flexibility index (Phi) is 12.2. The summed E-state index contributed by atoms with van der Waals surface area (Å²) < 4.78 is 54.6. The van der Waals surface area contributed by atoms with Gasteiger partial charge in [0.1, 0.15) is 5.75 Å². The lowest BCUT2D eigenvalue weighted by Crippen LogP contribution is -2.41. The minimum Gasteiger partial charge on any atom is -0.435 e. The van der Waals surface area contributed by atoms with E-state index in [0.717, 1.165) is 22.9 Å². The summed E-state index contributed by atoms with van der Waals surface area (Å²) in [5.41, 5.74) is 7.84. The van der Waals surface area contributed by atoms with Crippen LogP contribution in [0.5, 0.6) is 5.75 Å². The largest absolute Gasteiger partial charge is 0.435 e. The van der Waals surface area contributed by atoms with E-state index in [2.05, 4.69) is 37.8 Å². The molecule has 0 saturated heterocycles. The van der Waals surface area contributed by atoms with Crippen LogP contribution in [0, 0.1) is 0 Å². The molecule has 1 amide bonds. The number of amides is 1. The van der Waals surface area contributed by atoms with E-state index in [1.165, 1.54) is 41.8 Å². The van der Waals surface area contributed by atoms with E-state index in [1.54, 1.807) is 6.07 Å². The van der Waals surface area contributed by atoms with Crippen LogP contribution < -0.4 is 10.5 Å². The number of carbonyl (C=O) groups excluding carboxylic acids is 1. The van der Waals surface area contributed by atoms with Crippen LogP contribution in [-0.2, 0) is 23.2 Å². The molecular weight excluding hydrogens is 602 g/mol. The number of unbranched alkanes of at least 4 members (excludes halogenated alkanes) is 2. The number of rotatable bonds is 12. The number of likely N-dealkylation sites (N-methyl/N-ethyl adjacent to an activating group) is 1. The van der Waals surface area contributed by atoms with Gasteiger partial charge in [-0.2, -0.15) is 8.78 Å². The van der Waals surface area contributed by atoms with Crippen molar-refractivity contribution in [2.75, 3.05) is 20.4 Å². The smallest absolute Gasteiger partial charge is 0.387 e. The van der Waals surface area contributed by atoms with Crippen LogP contribution in [0.3, 0.4) is 0 Å². The van der Waals surface area contributed by atoms with Crippen molar-refractivity contribution in [3.63, 3.8) is 0 Å². The number of carbonyl (C=O) groups is 1. The molecule has 3 aromatic rings. The van der Waals surface area contributed by atoms with Crippen LogP contribution in [0.15, 0.2) is 82.3 Å². The number of aliphatic imine (C=N–C) groups is 1. The SMILES string of the molecule is CN1C(=O)C(c2ccc(OC(F)F)cc2)(c2cccc(CCCCF)c2)N=C1N.FCCCCc1cccc(Br)c1. The second-order valence-corrected chi connectivity index (χ2v) is 10.5. The number of halogens is 5. The first kappa shape index (κ1) is 32.1. The van der Waals surface area contributed by atoms with Crippen LogP contribution in [0.2, 0.25) is 0 Å². The van der Waals surface area contributed by atoms with Gasteiger partial charge in [-0.1, -0.05) is 64.5 Å². The van der Waals surface area contributed by atoms with Gasteiger partial charge in [-0.3, -0.25) is 18.5 Å². The van der Waals surface area contributed by atoms with Crippen molar-refractivity contribution in [3.05, 3.63) is 99.5 Å². The summed E-state index contributed by atoms with van der Waals surface area (Å²) in [5.74, 6) is -0.307. The molecule has 1 aliphatic heterocycles. The number of ether oxygens (including phenoxy) is 1. The van der Waals surface area contributed by atoms with E-state index in [9.17, 15) is 22.4 Å².